The lowest BCUT2D eigenvalue weighted by molar-refractivity contribution is 0.111. The maximum atomic E-state index is 10.5. The van der Waals surface area contributed by atoms with Crippen molar-refractivity contribution >= 4 is 21.8 Å². The van der Waals surface area contributed by atoms with Crippen molar-refractivity contribution < 1.29 is 5.11 Å². The normalized spacial score (nSPS) is 13.2. The Labute approximate surface area is 138 Å². The standard InChI is InChI=1S/C20H26N2O/c1-3-4-13-21(2)14-16(23)15-22-19-11-7-5-9-17(19)18-10-6-8-12-20(18)22/h5-12,16,23H,3-4,13-15H2,1-2H3/t16-/m1/s1. The van der Waals surface area contributed by atoms with Crippen molar-refractivity contribution in [3.8, 4) is 0 Å². The molecule has 0 aliphatic rings. The summed E-state index contributed by atoms with van der Waals surface area (Å²) in [4.78, 5) is 2.22. The second-order valence-electron chi connectivity index (χ2n) is 6.41. The fourth-order valence-corrected chi connectivity index (χ4v) is 3.35. The molecule has 0 spiro atoms. The van der Waals surface area contributed by atoms with E-state index in [2.05, 4.69) is 72.0 Å². The van der Waals surface area contributed by atoms with Crippen LogP contribution in [0.5, 0.6) is 0 Å². The molecule has 1 atom stereocenters. The van der Waals surface area contributed by atoms with E-state index in [1.165, 1.54) is 34.6 Å². The first-order valence-electron chi connectivity index (χ1n) is 8.53. The average Bonchev–Trinajstić information content (AvgIpc) is 2.88. The van der Waals surface area contributed by atoms with Gasteiger partial charge in [0.05, 0.1) is 12.6 Å². The molecule has 3 rings (SSSR count). The molecule has 0 radical (unpaired) electrons. The molecular formula is C20H26N2O. The number of hydrogen-bond acceptors (Lipinski definition) is 2. The van der Waals surface area contributed by atoms with Crippen LogP contribution in [0.15, 0.2) is 48.5 Å². The monoisotopic (exact) mass is 310 g/mol. The fraction of sp³-hybridized carbons (Fsp3) is 0.400. The van der Waals surface area contributed by atoms with Gasteiger partial charge in [0.15, 0.2) is 0 Å². The highest BCUT2D eigenvalue weighted by molar-refractivity contribution is 6.07. The molecule has 1 N–H and O–H groups in total. The van der Waals surface area contributed by atoms with Crippen LogP contribution in [0.25, 0.3) is 21.8 Å². The van der Waals surface area contributed by atoms with Crippen LogP contribution in [-0.4, -0.2) is 40.8 Å². The topological polar surface area (TPSA) is 28.4 Å². The third-order valence-corrected chi connectivity index (χ3v) is 4.49. The lowest BCUT2D eigenvalue weighted by Gasteiger charge is -2.21. The Morgan fingerprint density at radius 1 is 1.00 bits per heavy atom. The number of unbranched alkanes of at least 4 members (excludes halogenated alkanes) is 1. The largest absolute Gasteiger partial charge is 0.390 e. The number of para-hydroxylation sites is 2. The second kappa shape index (κ2) is 7.16. The second-order valence-corrected chi connectivity index (χ2v) is 6.41. The Kier molecular flexibility index (Phi) is 4.99. The number of nitrogens with zero attached hydrogens (tertiary/aromatic N) is 2. The van der Waals surface area contributed by atoms with E-state index >= 15 is 0 Å². The molecule has 1 heterocycles. The van der Waals surface area contributed by atoms with Gasteiger partial charge in [-0.1, -0.05) is 49.7 Å². The van der Waals surface area contributed by atoms with Crippen molar-refractivity contribution in [3.05, 3.63) is 48.5 Å². The Balaban J connectivity index is 1.86. The van der Waals surface area contributed by atoms with Gasteiger partial charge in [-0.3, -0.25) is 0 Å². The molecule has 0 unspecified atom stereocenters. The highest BCUT2D eigenvalue weighted by Gasteiger charge is 2.14. The summed E-state index contributed by atoms with van der Waals surface area (Å²) in [5.74, 6) is 0. The third-order valence-electron chi connectivity index (χ3n) is 4.49. The molecule has 0 aliphatic carbocycles. The summed E-state index contributed by atoms with van der Waals surface area (Å²) in [5.41, 5.74) is 2.40. The van der Waals surface area contributed by atoms with E-state index in [0.29, 0.717) is 13.1 Å². The first-order valence-corrected chi connectivity index (χ1v) is 8.53. The zero-order valence-electron chi connectivity index (χ0n) is 14.1. The molecule has 0 amide bonds. The molecule has 0 fully saturated rings. The summed E-state index contributed by atoms with van der Waals surface area (Å²) in [6, 6.07) is 16.9. The van der Waals surface area contributed by atoms with Gasteiger partial charge in [0.2, 0.25) is 0 Å². The van der Waals surface area contributed by atoms with Gasteiger partial charge in [0, 0.05) is 28.4 Å². The molecule has 0 aliphatic heterocycles. The van der Waals surface area contributed by atoms with E-state index in [0.717, 1.165) is 6.54 Å². The zero-order valence-corrected chi connectivity index (χ0v) is 14.1. The molecule has 23 heavy (non-hydrogen) atoms. The lowest BCUT2D eigenvalue weighted by Crippen LogP contribution is -2.32. The van der Waals surface area contributed by atoms with Crippen molar-refractivity contribution in [2.24, 2.45) is 0 Å². The van der Waals surface area contributed by atoms with E-state index in [1.807, 2.05) is 0 Å². The molecule has 0 bridgehead atoms. The molecule has 3 aromatic rings. The molecule has 2 aromatic carbocycles. The van der Waals surface area contributed by atoms with Crippen LogP contribution in [0, 0.1) is 0 Å². The van der Waals surface area contributed by atoms with Crippen LogP contribution in [0.3, 0.4) is 0 Å². The Hall–Kier alpha value is -1.84. The number of hydrogen-bond donors (Lipinski definition) is 1. The molecule has 3 nitrogen and oxygen atoms in total. The van der Waals surface area contributed by atoms with Gasteiger partial charge in [-0.05, 0) is 32.1 Å². The third kappa shape index (κ3) is 3.41. The number of aliphatic hydroxyl groups is 1. The Morgan fingerprint density at radius 3 is 2.13 bits per heavy atom. The number of fused-ring (bicyclic) bond motifs is 3. The van der Waals surface area contributed by atoms with E-state index in [9.17, 15) is 5.11 Å². The van der Waals surface area contributed by atoms with Gasteiger partial charge in [-0.2, -0.15) is 0 Å². The number of benzene rings is 2. The molecule has 0 saturated heterocycles. The summed E-state index contributed by atoms with van der Waals surface area (Å²) in [6.45, 7) is 4.58. The quantitative estimate of drug-likeness (QED) is 0.717. The maximum absolute atomic E-state index is 10.5. The minimum absolute atomic E-state index is 0.365. The van der Waals surface area contributed by atoms with Crippen LogP contribution in [0.2, 0.25) is 0 Å². The fourth-order valence-electron chi connectivity index (χ4n) is 3.35. The van der Waals surface area contributed by atoms with Gasteiger partial charge >= 0.3 is 0 Å². The van der Waals surface area contributed by atoms with Crippen LogP contribution in [0.1, 0.15) is 19.8 Å². The number of likely N-dealkylation sites (N-methyl/N-ethyl adjacent to an activating group) is 1. The van der Waals surface area contributed by atoms with Crippen molar-refractivity contribution in [1.29, 1.82) is 0 Å². The van der Waals surface area contributed by atoms with Crippen molar-refractivity contribution in [1.82, 2.24) is 9.47 Å². The van der Waals surface area contributed by atoms with E-state index in [4.69, 9.17) is 0 Å². The van der Waals surface area contributed by atoms with E-state index < -0.39 is 0 Å². The van der Waals surface area contributed by atoms with Crippen molar-refractivity contribution in [3.63, 3.8) is 0 Å². The Morgan fingerprint density at radius 2 is 1.57 bits per heavy atom. The summed E-state index contributed by atoms with van der Waals surface area (Å²) < 4.78 is 2.25. The summed E-state index contributed by atoms with van der Waals surface area (Å²) in [6.07, 6.45) is 2.00. The summed E-state index contributed by atoms with van der Waals surface area (Å²) >= 11 is 0. The number of rotatable bonds is 7. The average molecular weight is 310 g/mol. The van der Waals surface area contributed by atoms with Gasteiger partial charge in [0.25, 0.3) is 0 Å². The van der Waals surface area contributed by atoms with Gasteiger partial charge in [0.1, 0.15) is 0 Å². The number of aromatic nitrogens is 1. The summed E-state index contributed by atoms with van der Waals surface area (Å²) in [5, 5.41) is 13.1. The minimum Gasteiger partial charge on any atom is -0.390 e. The van der Waals surface area contributed by atoms with Gasteiger partial charge in [-0.25, -0.2) is 0 Å². The first-order chi connectivity index (χ1) is 11.2. The molecule has 3 heteroatoms. The first kappa shape index (κ1) is 16.0. The predicted molar refractivity (Wildman–Crippen MR) is 97.9 cm³/mol. The minimum atomic E-state index is -0.365. The maximum Gasteiger partial charge on any atom is 0.0845 e. The number of aliphatic hydroxyl groups excluding tert-OH is 1. The van der Waals surface area contributed by atoms with Crippen LogP contribution >= 0.6 is 0 Å². The van der Waals surface area contributed by atoms with E-state index in [-0.39, 0.29) is 6.10 Å². The van der Waals surface area contributed by atoms with Crippen LogP contribution in [-0.2, 0) is 6.54 Å². The zero-order chi connectivity index (χ0) is 16.2. The molecular weight excluding hydrogens is 284 g/mol. The molecule has 1 aromatic heterocycles. The highest BCUT2D eigenvalue weighted by atomic mass is 16.3. The van der Waals surface area contributed by atoms with Crippen molar-refractivity contribution in [2.45, 2.75) is 32.4 Å². The van der Waals surface area contributed by atoms with Gasteiger partial charge in [-0.15, -0.1) is 0 Å². The van der Waals surface area contributed by atoms with E-state index in [1.54, 1.807) is 0 Å². The highest BCUT2D eigenvalue weighted by Crippen LogP contribution is 2.28. The molecule has 122 valence electrons. The van der Waals surface area contributed by atoms with Crippen molar-refractivity contribution in [2.75, 3.05) is 20.1 Å². The predicted octanol–water partition coefficient (Wildman–Crippen LogP) is 3.89. The Bertz CT molecular complexity index is 724. The van der Waals surface area contributed by atoms with Gasteiger partial charge < -0.3 is 14.6 Å². The summed E-state index contributed by atoms with van der Waals surface area (Å²) in [7, 11) is 2.09. The van der Waals surface area contributed by atoms with Crippen LogP contribution < -0.4 is 0 Å². The molecule has 0 saturated carbocycles. The SMILES string of the molecule is CCCCN(C)C[C@@H](O)Cn1c2ccccc2c2ccccc21. The smallest absolute Gasteiger partial charge is 0.0845 e. The lowest BCUT2D eigenvalue weighted by atomic mass is 10.2. The van der Waals surface area contributed by atoms with Crippen LogP contribution in [0.4, 0.5) is 0 Å².